The minimum absolute atomic E-state index is 0.0407. The highest BCUT2D eigenvalue weighted by Crippen LogP contribution is 2.24. The number of anilines is 1. The van der Waals surface area contributed by atoms with E-state index in [1.54, 1.807) is 11.8 Å². The molecule has 2 aromatic carbocycles. The molecular weight excluding hydrogens is 382 g/mol. The number of carbonyl (C=O) groups excluding carboxylic acids is 1. The number of rotatable bonds is 7. The van der Waals surface area contributed by atoms with Gasteiger partial charge in [0.25, 0.3) is 5.91 Å². The van der Waals surface area contributed by atoms with Gasteiger partial charge in [0.1, 0.15) is 6.04 Å². The van der Waals surface area contributed by atoms with Crippen molar-refractivity contribution >= 4 is 23.4 Å². The molecule has 1 saturated heterocycles. The number of carbonyl (C=O) groups is 1. The van der Waals surface area contributed by atoms with Gasteiger partial charge in [0.15, 0.2) is 17.5 Å². The van der Waals surface area contributed by atoms with Crippen molar-refractivity contribution in [3.63, 3.8) is 0 Å². The Bertz CT molecular complexity index is 944. The molecule has 1 amide bonds. The molecule has 7 heteroatoms. The van der Waals surface area contributed by atoms with Crippen LogP contribution >= 0.6 is 11.8 Å². The Hall–Kier alpha value is -2.64. The molecule has 0 saturated carbocycles. The van der Waals surface area contributed by atoms with Gasteiger partial charge in [-0.05, 0) is 17.7 Å². The lowest BCUT2D eigenvalue weighted by Crippen LogP contribution is -3.11. The molecule has 0 radical (unpaired) electrons. The fourth-order valence-electron chi connectivity index (χ4n) is 3.85. The number of nitrogens with one attached hydrogen (secondary N) is 2. The number of aromatic nitrogens is 3. The van der Waals surface area contributed by atoms with Crippen LogP contribution in [0.15, 0.2) is 65.8 Å². The van der Waals surface area contributed by atoms with E-state index in [9.17, 15) is 4.79 Å². The number of thioether (sulfide) groups is 1. The number of nitrogens with zero attached hydrogens (tertiary/aromatic N) is 3. The van der Waals surface area contributed by atoms with Crippen LogP contribution in [0.25, 0.3) is 0 Å². The van der Waals surface area contributed by atoms with Gasteiger partial charge in [-0.3, -0.25) is 4.79 Å². The van der Waals surface area contributed by atoms with Crippen molar-refractivity contribution in [1.82, 2.24) is 14.8 Å². The average Bonchev–Trinajstić information content (AvgIpc) is 3.34. The normalized spacial score (nSPS) is 18.7. The molecule has 0 aliphatic carbocycles. The van der Waals surface area contributed by atoms with Gasteiger partial charge in [-0.1, -0.05) is 60.3 Å². The third-order valence-electron chi connectivity index (χ3n) is 5.32. The first kappa shape index (κ1) is 19.7. The van der Waals surface area contributed by atoms with E-state index in [0.717, 1.165) is 41.8 Å². The lowest BCUT2D eigenvalue weighted by atomic mass is 10.2. The second kappa shape index (κ2) is 9.24. The van der Waals surface area contributed by atoms with Gasteiger partial charge in [0.05, 0.1) is 6.54 Å². The van der Waals surface area contributed by atoms with Gasteiger partial charge in [0.2, 0.25) is 0 Å². The van der Waals surface area contributed by atoms with Crippen LogP contribution in [0.5, 0.6) is 0 Å². The molecule has 2 atom stereocenters. The first-order valence-electron chi connectivity index (χ1n) is 9.96. The molecule has 2 heterocycles. The van der Waals surface area contributed by atoms with Crippen LogP contribution in [0.3, 0.4) is 0 Å². The van der Waals surface area contributed by atoms with Crippen molar-refractivity contribution in [2.24, 2.45) is 7.05 Å². The van der Waals surface area contributed by atoms with E-state index in [1.165, 1.54) is 10.5 Å². The van der Waals surface area contributed by atoms with Gasteiger partial charge in [-0.25, -0.2) is 0 Å². The molecule has 3 aromatic rings. The quantitative estimate of drug-likeness (QED) is 0.590. The third-order valence-corrected chi connectivity index (χ3v) is 6.41. The summed E-state index contributed by atoms with van der Waals surface area (Å²) in [5.74, 6) is 1.88. The topological polar surface area (TPSA) is 64.2 Å². The predicted molar refractivity (Wildman–Crippen MR) is 115 cm³/mol. The van der Waals surface area contributed by atoms with E-state index in [1.807, 2.05) is 43.4 Å². The Balaban J connectivity index is 1.39. The van der Waals surface area contributed by atoms with Gasteiger partial charge in [-0.15, -0.1) is 10.2 Å². The number of likely N-dealkylation sites (tertiary alicyclic amines) is 1. The highest BCUT2D eigenvalue weighted by Gasteiger charge is 2.35. The molecule has 1 fully saturated rings. The molecule has 1 aliphatic rings. The van der Waals surface area contributed by atoms with Crippen LogP contribution in [0.2, 0.25) is 0 Å². The van der Waals surface area contributed by atoms with Crippen molar-refractivity contribution in [3.8, 4) is 0 Å². The first-order chi connectivity index (χ1) is 14.2. The second-order valence-electron chi connectivity index (χ2n) is 7.37. The number of hydrogen-bond donors (Lipinski definition) is 2. The maximum absolute atomic E-state index is 12.5. The lowest BCUT2D eigenvalue weighted by Gasteiger charge is -2.20. The molecular formula is C22H26N5OS+. The summed E-state index contributed by atoms with van der Waals surface area (Å²) in [6.07, 6.45) is 2.13. The summed E-state index contributed by atoms with van der Waals surface area (Å²) in [6.45, 7) is 1.42. The van der Waals surface area contributed by atoms with Crippen LogP contribution in [0.4, 0.5) is 5.69 Å². The molecule has 0 bridgehead atoms. The standard InChI is InChI=1S/C22H25N5OS/c1-26-21(24-25-22(26)29-16-17-9-4-2-5-10-17)19-13-8-14-27(19)15-20(28)23-18-11-6-3-7-12-18/h2-7,9-12,19H,8,13-16H2,1H3,(H,23,28)/p+1/t19-/m0/s1. The third kappa shape index (κ3) is 4.86. The van der Waals surface area contributed by atoms with Gasteiger partial charge in [0, 0.05) is 31.3 Å². The predicted octanol–water partition coefficient (Wildman–Crippen LogP) is 2.47. The Morgan fingerprint density at radius 1 is 1.14 bits per heavy atom. The fraction of sp³-hybridized carbons (Fsp3) is 0.318. The number of quaternary nitrogens is 1. The largest absolute Gasteiger partial charge is 0.321 e. The van der Waals surface area contributed by atoms with Crippen LogP contribution in [0.1, 0.15) is 30.3 Å². The lowest BCUT2D eigenvalue weighted by molar-refractivity contribution is -0.911. The number of hydrogen-bond acceptors (Lipinski definition) is 4. The van der Waals surface area contributed by atoms with Gasteiger partial charge in [-0.2, -0.15) is 0 Å². The zero-order valence-electron chi connectivity index (χ0n) is 16.5. The van der Waals surface area contributed by atoms with Gasteiger partial charge >= 0.3 is 0 Å². The summed E-state index contributed by atoms with van der Waals surface area (Å²) >= 11 is 1.70. The Kier molecular flexibility index (Phi) is 6.27. The van der Waals surface area contributed by atoms with E-state index in [0.29, 0.717) is 6.54 Å². The summed E-state index contributed by atoms with van der Waals surface area (Å²) in [4.78, 5) is 13.8. The number of benzene rings is 2. The molecule has 4 rings (SSSR count). The van der Waals surface area contributed by atoms with Crippen molar-refractivity contribution in [3.05, 3.63) is 72.1 Å². The van der Waals surface area contributed by atoms with E-state index in [-0.39, 0.29) is 11.9 Å². The summed E-state index contributed by atoms with van der Waals surface area (Å²) in [6, 6.07) is 20.2. The zero-order valence-corrected chi connectivity index (χ0v) is 17.4. The van der Waals surface area contributed by atoms with Crippen LogP contribution in [0, 0.1) is 0 Å². The smallest absolute Gasteiger partial charge is 0.279 e. The summed E-state index contributed by atoms with van der Waals surface area (Å²) in [5.41, 5.74) is 2.11. The van der Waals surface area contributed by atoms with E-state index in [2.05, 4.69) is 44.3 Å². The number of amides is 1. The monoisotopic (exact) mass is 408 g/mol. The van der Waals surface area contributed by atoms with E-state index >= 15 is 0 Å². The van der Waals surface area contributed by atoms with Crippen molar-refractivity contribution in [1.29, 1.82) is 0 Å². The Morgan fingerprint density at radius 2 is 1.86 bits per heavy atom. The van der Waals surface area contributed by atoms with Crippen molar-refractivity contribution in [2.45, 2.75) is 29.8 Å². The SMILES string of the molecule is Cn1c(SCc2ccccc2)nnc1[C@@H]1CCC[NH+]1CC(=O)Nc1ccccc1. The summed E-state index contributed by atoms with van der Waals surface area (Å²) < 4.78 is 2.10. The Morgan fingerprint density at radius 3 is 2.62 bits per heavy atom. The highest BCUT2D eigenvalue weighted by molar-refractivity contribution is 7.98. The Labute approximate surface area is 175 Å². The minimum Gasteiger partial charge on any atom is -0.321 e. The van der Waals surface area contributed by atoms with Crippen molar-refractivity contribution in [2.75, 3.05) is 18.4 Å². The molecule has 150 valence electrons. The molecule has 29 heavy (non-hydrogen) atoms. The van der Waals surface area contributed by atoms with E-state index < -0.39 is 0 Å². The second-order valence-corrected chi connectivity index (χ2v) is 8.31. The summed E-state index contributed by atoms with van der Waals surface area (Å²) in [7, 11) is 2.03. The van der Waals surface area contributed by atoms with Gasteiger partial charge < -0.3 is 14.8 Å². The van der Waals surface area contributed by atoms with Crippen molar-refractivity contribution < 1.29 is 9.69 Å². The van der Waals surface area contributed by atoms with Crippen LogP contribution < -0.4 is 10.2 Å². The summed E-state index contributed by atoms with van der Waals surface area (Å²) in [5, 5.41) is 12.8. The van der Waals surface area contributed by atoms with Crippen LogP contribution in [-0.2, 0) is 17.6 Å². The average molecular weight is 409 g/mol. The molecule has 0 spiro atoms. The molecule has 1 unspecified atom stereocenters. The molecule has 6 nitrogen and oxygen atoms in total. The minimum atomic E-state index is 0.0407. The molecule has 1 aromatic heterocycles. The maximum Gasteiger partial charge on any atom is 0.279 e. The first-order valence-corrected chi connectivity index (χ1v) is 10.9. The highest BCUT2D eigenvalue weighted by atomic mass is 32.2. The number of para-hydroxylation sites is 1. The van der Waals surface area contributed by atoms with E-state index in [4.69, 9.17) is 0 Å². The van der Waals surface area contributed by atoms with Crippen LogP contribution in [-0.4, -0.2) is 33.8 Å². The fourth-order valence-corrected chi connectivity index (χ4v) is 4.72. The maximum atomic E-state index is 12.5. The zero-order chi connectivity index (χ0) is 20.1. The molecule has 2 N–H and O–H groups in total. The molecule has 1 aliphatic heterocycles.